The molecule has 11 heteroatoms. The van der Waals surface area contributed by atoms with E-state index in [4.69, 9.17) is 9.15 Å². The van der Waals surface area contributed by atoms with Crippen LogP contribution in [-0.2, 0) is 26.2 Å². The number of nitrogens with zero attached hydrogens (tertiary/aromatic N) is 2. The minimum absolute atomic E-state index is 0.0251. The molecule has 42 heavy (non-hydrogen) atoms. The van der Waals surface area contributed by atoms with E-state index in [-0.39, 0.29) is 36.4 Å². The van der Waals surface area contributed by atoms with Crippen LogP contribution in [0.2, 0.25) is 0 Å². The van der Waals surface area contributed by atoms with Crippen molar-refractivity contribution in [2.45, 2.75) is 50.0 Å². The molecule has 0 saturated carbocycles. The number of rotatable bonds is 9. The number of hydrogen-bond acceptors (Lipinski definition) is 7. The summed E-state index contributed by atoms with van der Waals surface area (Å²) in [7, 11) is -2.53. The molecular formula is C31H35N3O7S. The lowest BCUT2D eigenvalue weighted by Gasteiger charge is -2.31. The van der Waals surface area contributed by atoms with E-state index in [1.54, 1.807) is 12.1 Å². The Morgan fingerprint density at radius 2 is 1.71 bits per heavy atom. The van der Waals surface area contributed by atoms with Gasteiger partial charge in [-0.25, -0.2) is 17.9 Å². The van der Waals surface area contributed by atoms with Gasteiger partial charge in [0.15, 0.2) is 0 Å². The maximum atomic E-state index is 13.6. The molecule has 0 spiro atoms. The summed E-state index contributed by atoms with van der Waals surface area (Å²) in [5.41, 5.74) is 2.04. The number of β-amino-alcohol motifs (C(OH)–C–C–N with tert-alkyl or cyclic N) is 1. The van der Waals surface area contributed by atoms with Gasteiger partial charge in [0.2, 0.25) is 15.9 Å². The molecule has 1 aliphatic heterocycles. The minimum Gasteiger partial charge on any atom is -0.456 e. The molecule has 222 valence electrons. The van der Waals surface area contributed by atoms with Crippen molar-refractivity contribution in [2.24, 2.45) is 5.92 Å². The molecule has 3 atom stereocenters. The van der Waals surface area contributed by atoms with Crippen molar-refractivity contribution >= 4 is 44.0 Å². The third-order valence-corrected chi connectivity index (χ3v) is 8.99. The fourth-order valence-corrected chi connectivity index (χ4v) is 6.54. The number of amides is 2. The van der Waals surface area contributed by atoms with Gasteiger partial charge < -0.3 is 19.2 Å². The van der Waals surface area contributed by atoms with Crippen molar-refractivity contribution in [3.05, 3.63) is 78.4 Å². The lowest BCUT2D eigenvalue weighted by atomic mass is 10.0. The van der Waals surface area contributed by atoms with Gasteiger partial charge in [0.25, 0.3) is 0 Å². The van der Waals surface area contributed by atoms with Crippen LogP contribution in [0.3, 0.4) is 0 Å². The van der Waals surface area contributed by atoms with E-state index in [9.17, 15) is 23.1 Å². The van der Waals surface area contributed by atoms with E-state index in [0.29, 0.717) is 23.0 Å². The summed E-state index contributed by atoms with van der Waals surface area (Å²) in [5.74, 6) is -0.297. The van der Waals surface area contributed by atoms with Gasteiger partial charge in [-0.2, -0.15) is 0 Å². The molecule has 2 heterocycles. The van der Waals surface area contributed by atoms with Crippen LogP contribution in [0.1, 0.15) is 25.8 Å². The predicted molar refractivity (Wildman–Crippen MR) is 158 cm³/mol. The van der Waals surface area contributed by atoms with Crippen molar-refractivity contribution in [1.82, 2.24) is 14.5 Å². The van der Waals surface area contributed by atoms with Crippen LogP contribution in [0.25, 0.3) is 21.9 Å². The quantitative estimate of drug-likeness (QED) is 0.299. The van der Waals surface area contributed by atoms with Crippen molar-refractivity contribution in [2.75, 3.05) is 20.1 Å². The normalized spacial score (nSPS) is 18.1. The zero-order valence-electron chi connectivity index (χ0n) is 23.8. The first-order valence-electron chi connectivity index (χ1n) is 13.9. The molecule has 2 N–H and O–H groups in total. The lowest BCUT2D eigenvalue weighted by Crippen LogP contribution is -2.50. The number of hydrogen-bond donors (Lipinski definition) is 2. The number of sulfonamides is 1. The second kappa shape index (κ2) is 12.1. The van der Waals surface area contributed by atoms with Crippen LogP contribution in [-0.4, -0.2) is 73.6 Å². The van der Waals surface area contributed by atoms with Crippen molar-refractivity contribution < 1.29 is 32.3 Å². The lowest BCUT2D eigenvalue weighted by molar-refractivity contribution is -0.136. The first-order valence-corrected chi connectivity index (χ1v) is 15.4. The van der Waals surface area contributed by atoms with E-state index < -0.39 is 34.3 Å². The summed E-state index contributed by atoms with van der Waals surface area (Å²) in [5, 5.41) is 12.2. The number of benzene rings is 3. The molecule has 5 rings (SSSR count). The summed E-state index contributed by atoms with van der Waals surface area (Å²) in [4.78, 5) is 29.2. The van der Waals surface area contributed by atoms with Gasteiger partial charge in [-0.15, -0.1) is 0 Å². The number of aliphatic hydroxyl groups is 1. The van der Waals surface area contributed by atoms with Gasteiger partial charge in [-0.1, -0.05) is 62.4 Å². The highest BCUT2D eigenvalue weighted by atomic mass is 32.2. The van der Waals surface area contributed by atoms with Crippen LogP contribution < -0.4 is 4.72 Å². The molecule has 2 unspecified atom stereocenters. The predicted octanol–water partition coefficient (Wildman–Crippen LogP) is 4.12. The number of para-hydroxylation sites is 1. The number of aliphatic hydroxyl groups excluding tert-OH is 1. The zero-order valence-corrected chi connectivity index (χ0v) is 24.6. The highest BCUT2D eigenvalue weighted by molar-refractivity contribution is 7.89. The SMILES string of the molecule is CC(C)C[C@@H](C(=O)N1CC(O)C(NS(=O)(=O)c2ccc3oc4ccccc4c3c2)C1)N(C)C(=O)OCc1ccccc1. The van der Waals surface area contributed by atoms with Crippen molar-refractivity contribution in [1.29, 1.82) is 0 Å². The van der Waals surface area contributed by atoms with E-state index in [2.05, 4.69) is 4.72 Å². The fraction of sp³-hybridized carbons (Fsp3) is 0.355. The molecule has 0 bridgehead atoms. The number of fused-ring (bicyclic) bond motifs is 3. The van der Waals surface area contributed by atoms with Gasteiger partial charge in [-0.05, 0) is 42.2 Å². The zero-order chi connectivity index (χ0) is 30.0. The molecule has 10 nitrogen and oxygen atoms in total. The Morgan fingerprint density at radius 1 is 1.02 bits per heavy atom. The molecule has 1 saturated heterocycles. The van der Waals surface area contributed by atoms with E-state index in [1.165, 1.54) is 22.9 Å². The highest BCUT2D eigenvalue weighted by Gasteiger charge is 2.41. The van der Waals surface area contributed by atoms with Crippen LogP contribution in [0, 0.1) is 5.92 Å². The van der Waals surface area contributed by atoms with Gasteiger partial charge >= 0.3 is 6.09 Å². The van der Waals surface area contributed by atoms with E-state index in [1.807, 2.05) is 68.4 Å². The van der Waals surface area contributed by atoms with E-state index in [0.717, 1.165) is 10.9 Å². The number of likely N-dealkylation sites (tertiary alicyclic amines) is 1. The topological polar surface area (TPSA) is 129 Å². The maximum absolute atomic E-state index is 13.6. The van der Waals surface area contributed by atoms with Crippen molar-refractivity contribution in [3.8, 4) is 0 Å². The summed E-state index contributed by atoms with van der Waals surface area (Å²) in [6.07, 6.45) is -1.40. The van der Waals surface area contributed by atoms with Gasteiger partial charge in [-0.3, -0.25) is 9.69 Å². The Balaban J connectivity index is 1.28. The number of carbonyl (C=O) groups excluding carboxylic acids is 2. The van der Waals surface area contributed by atoms with E-state index >= 15 is 0 Å². The fourth-order valence-electron chi connectivity index (χ4n) is 5.25. The maximum Gasteiger partial charge on any atom is 0.410 e. The third kappa shape index (κ3) is 6.28. The average Bonchev–Trinajstić information content (AvgIpc) is 3.53. The standard InChI is InChI=1S/C31H35N3O7S/c1-20(2)15-26(33(3)31(37)40-19-21-9-5-4-6-10-21)30(36)34-17-25(27(35)18-34)32-42(38,39)22-13-14-29-24(16-22)23-11-7-8-12-28(23)41-29/h4-14,16,20,25-27,32,35H,15,17-19H2,1-3H3/t25?,26-,27?/m0/s1. The molecular weight excluding hydrogens is 558 g/mol. The number of ether oxygens (including phenoxy) is 1. The molecule has 0 radical (unpaired) electrons. The molecule has 2 amide bonds. The largest absolute Gasteiger partial charge is 0.456 e. The first-order chi connectivity index (χ1) is 20.0. The first kappa shape index (κ1) is 29.6. The number of furan rings is 1. The highest BCUT2D eigenvalue weighted by Crippen LogP contribution is 2.30. The Bertz CT molecular complexity index is 1690. The molecule has 1 aliphatic rings. The molecule has 1 fully saturated rings. The third-order valence-electron chi connectivity index (χ3n) is 7.51. The average molecular weight is 594 g/mol. The Labute approximate surface area is 244 Å². The minimum atomic E-state index is -4.04. The second-order valence-corrected chi connectivity index (χ2v) is 12.8. The number of likely N-dealkylation sites (N-methyl/N-ethyl adjacent to an activating group) is 1. The monoisotopic (exact) mass is 593 g/mol. The number of nitrogens with one attached hydrogen (secondary N) is 1. The van der Waals surface area contributed by atoms with Gasteiger partial charge in [0.05, 0.1) is 17.0 Å². The van der Waals surface area contributed by atoms with Crippen LogP contribution in [0.4, 0.5) is 4.79 Å². The van der Waals surface area contributed by atoms with Gasteiger partial charge in [0.1, 0.15) is 23.8 Å². The summed E-state index contributed by atoms with van der Waals surface area (Å²) in [6.45, 7) is 3.84. The molecule has 0 aliphatic carbocycles. The Hall–Kier alpha value is -3.93. The molecule has 4 aromatic rings. The summed E-state index contributed by atoms with van der Waals surface area (Å²) >= 11 is 0. The second-order valence-electron chi connectivity index (χ2n) is 11.1. The molecule has 3 aromatic carbocycles. The number of carbonyl (C=O) groups is 2. The van der Waals surface area contributed by atoms with Gasteiger partial charge in [0, 0.05) is 30.9 Å². The summed E-state index contributed by atoms with van der Waals surface area (Å²) in [6, 6.07) is 19.4. The van der Waals surface area contributed by atoms with Crippen molar-refractivity contribution in [3.63, 3.8) is 0 Å². The Morgan fingerprint density at radius 3 is 2.45 bits per heavy atom. The van der Waals surface area contributed by atoms with Crippen LogP contribution >= 0.6 is 0 Å². The Kier molecular flexibility index (Phi) is 8.53. The summed E-state index contributed by atoms with van der Waals surface area (Å²) < 4.78 is 40.5. The van der Waals surface area contributed by atoms with Crippen LogP contribution in [0.15, 0.2) is 82.1 Å². The molecule has 1 aromatic heterocycles. The van der Waals surface area contributed by atoms with Crippen LogP contribution in [0.5, 0.6) is 0 Å². The smallest absolute Gasteiger partial charge is 0.410 e.